The van der Waals surface area contributed by atoms with Crippen LogP contribution >= 0.6 is 0 Å². The normalized spacial score (nSPS) is 21.1. The molecule has 1 aromatic carbocycles. The third-order valence-corrected chi connectivity index (χ3v) is 4.43. The molecule has 0 aliphatic carbocycles. The van der Waals surface area contributed by atoms with Crippen LogP contribution in [-0.4, -0.2) is 54.9 Å². The Morgan fingerprint density at radius 2 is 2.05 bits per heavy atom. The second kappa shape index (κ2) is 7.00. The van der Waals surface area contributed by atoms with E-state index in [0.29, 0.717) is 12.5 Å². The van der Waals surface area contributed by atoms with Gasteiger partial charge < -0.3 is 9.80 Å². The van der Waals surface area contributed by atoms with Crippen LogP contribution in [0.15, 0.2) is 24.3 Å². The van der Waals surface area contributed by atoms with Crippen molar-refractivity contribution >= 4 is 5.78 Å². The molecule has 2 rings (SSSR count). The Kier molecular flexibility index (Phi) is 5.32. The average molecular weight is 274 g/mol. The monoisotopic (exact) mass is 274 g/mol. The Hall–Kier alpha value is -1.19. The van der Waals surface area contributed by atoms with Gasteiger partial charge in [-0.1, -0.05) is 31.2 Å². The van der Waals surface area contributed by atoms with E-state index in [1.807, 2.05) is 31.2 Å². The minimum Gasteiger partial charge on any atom is -0.301 e. The van der Waals surface area contributed by atoms with Crippen LogP contribution in [0.4, 0.5) is 0 Å². The molecule has 110 valence electrons. The van der Waals surface area contributed by atoms with Crippen molar-refractivity contribution in [1.29, 1.82) is 0 Å². The van der Waals surface area contributed by atoms with E-state index in [0.717, 1.165) is 37.3 Å². The number of ketones is 1. The number of rotatable bonds is 5. The molecule has 1 aliphatic rings. The Labute approximate surface area is 122 Å². The van der Waals surface area contributed by atoms with Gasteiger partial charge >= 0.3 is 0 Å². The number of piperazine rings is 1. The maximum absolute atomic E-state index is 12.3. The zero-order chi connectivity index (χ0) is 14.5. The lowest BCUT2D eigenvalue weighted by Crippen LogP contribution is -2.51. The molecule has 0 N–H and O–H groups in total. The van der Waals surface area contributed by atoms with Gasteiger partial charge in [-0.05, 0) is 26.0 Å². The summed E-state index contributed by atoms with van der Waals surface area (Å²) in [5.41, 5.74) is 1.97. The Morgan fingerprint density at radius 3 is 2.75 bits per heavy atom. The molecular weight excluding hydrogens is 248 g/mol. The first-order valence-electron chi connectivity index (χ1n) is 7.63. The topological polar surface area (TPSA) is 23.6 Å². The van der Waals surface area contributed by atoms with E-state index in [-0.39, 0.29) is 5.78 Å². The highest BCUT2D eigenvalue weighted by atomic mass is 16.1. The van der Waals surface area contributed by atoms with Gasteiger partial charge in [0.2, 0.25) is 0 Å². The summed E-state index contributed by atoms with van der Waals surface area (Å²) in [5.74, 6) is 0.273. The van der Waals surface area contributed by atoms with Gasteiger partial charge in [-0.3, -0.25) is 4.79 Å². The first kappa shape index (κ1) is 15.2. The van der Waals surface area contributed by atoms with Crippen molar-refractivity contribution in [2.24, 2.45) is 0 Å². The summed E-state index contributed by atoms with van der Waals surface area (Å²) in [6, 6.07) is 8.52. The molecule has 20 heavy (non-hydrogen) atoms. The van der Waals surface area contributed by atoms with E-state index >= 15 is 0 Å². The zero-order valence-electron chi connectivity index (χ0n) is 12.9. The summed E-state index contributed by atoms with van der Waals surface area (Å²) < 4.78 is 0. The van der Waals surface area contributed by atoms with Gasteiger partial charge in [-0.2, -0.15) is 0 Å². The van der Waals surface area contributed by atoms with E-state index in [2.05, 4.69) is 23.8 Å². The van der Waals surface area contributed by atoms with Gasteiger partial charge in [0.25, 0.3) is 0 Å². The van der Waals surface area contributed by atoms with Crippen LogP contribution in [0.1, 0.15) is 35.7 Å². The Bertz CT molecular complexity index is 458. The smallest absolute Gasteiger partial charge is 0.164 e. The number of hydrogen-bond acceptors (Lipinski definition) is 3. The van der Waals surface area contributed by atoms with E-state index in [4.69, 9.17) is 0 Å². The van der Waals surface area contributed by atoms with E-state index in [9.17, 15) is 4.79 Å². The van der Waals surface area contributed by atoms with Crippen molar-refractivity contribution in [1.82, 2.24) is 9.80 Å². The Balaban J connectivity index is 1.86. The number of carbonyl (C=O) groups is 1. The molecule has 3 nitrogen and oxygen atoms in total. The molecule has 1 atom stereocenters. The summed E-state index contributed by atoms with van der Waals surface area (Å²) >= 11 is 0. The van der Waals surface area contributed by atoms with Gasteiger partial charge in [-0.25, -0.2) is 0 Å². The van der Waals surface area contributed by atoms with Crippen molar-refractivity contribution in [3.63, 3.8) is 0 Å². The van der Waals surface area contributed by atoms with E-state index in [1.54, 1.807) is 0 Å². The van der Waals surface area contributed by atoms with Gasteiger partial charge in [0.1, 0.15) is 0 Å². The zero-order valence-corrected chi connectivity index (χ0v) is 12.9. The maximum atomic E-state index is 12.3. The number of aryl methyl sites for hydroxylation is 1. The van der Waals surface area contributed by atoms with Gasteiger partial charge in [0.15, 0.2) is 5.78 Å². The molecular formula is C17H26N2O. The highest BCUT2D eigenvalue weighted by molar-refractivity contribution is 5.97. The molecule has 0 spiro atoms. The summed E-state index contributed by atoms with van der Waals surface area (Å²) in [5, 5.41) is 0. The van der Waals surface area contributed by atoms with E-state index in [1.165, 1.54) is 6.42 Å². The number of Topliss-reactive ketones (excluding diaryl/α,β-unsaturated/α-hetero) is 1. The second-order valence-corrected chi connectivity index (χ2v) is 5.83. The fourth-order valence-corrected chi connectivity index (χ4v) is 2.93. The third kappa shape index (κ3) is 3.68. The van der Waals surface area contributed by atoms with E-state index < -0.39 is 0 Å². The lowest BCUT2D eigenvalue weighted by molar-refractivity contribution is 0.0824. The highest BCUT2D eigenvalue weighted by Gasteiger charge is 2.23. The molecule has 3 heteroatoms. The first-order chi connectivity index (χ1) is 9.61. The summed E-state index contributed by atoms with van der Waals surface area (Å²) in [6.45, 7) is 8.41. The molecule has 0 bridgehead atoms. The van der Waals surface area contributed by atoms with Crippen LogP contribution < -0.4 is 0 Å². The van der Waals surface area contributed by atoms with Crippen molar-refractivity contribution < 1.29 is 4.79 Å². The largest absolute Gasteiger partial charge is 0.301 e. The maximum Gasteiger partial charge on any atom is 0.164 e. The first-order valence-corrected chi connectivity index (χ1v) is 7.63. The molecule has 0 saturated carbocycles. The average Bonchev–Trinajstić information content (AvgIpc) is 2.46. The number of benzene rings is 1. The van der Waals surface area contributed by atoms with Crippen LogP contribution in [-0.2, 0) is 0 Å². The number of hydrogen-bond donors (Lipinski definition) is 0. The lowest BCUT2D eigenvalue weighted by Gasteiger charge is -2.39. The van der Waals surface area contributed by atoms with Gasteiger partial charge in [-0.15, -0.1) is 0 Å². The quantitative estimate of drug-likeness (QED) is 0.771. The lowest BCUT2D eigenvalue weighted by atomic mass is 10.0. The molecule has 0 radical (unpaired) electrons. The van der Waals surface area contributed by atoms with Crippen molar-refractivity contribution in [2.75, 3.05) is 33.2 Å². The molecule has 1 aliphatic heterocycles. The minimum absolute atomic E-state index is 0.273. The summed E-state index contributed by atoms with van der Waals surface area (Å²) in [7, 11) is 2.20. The fraction of sp³-hybridized carbons (Fsp3) is 0.588. The van der Waals surface area contributed by atoms with Gasteiger partial charge in [0.05, 0.1) is 0 Å². The molecule has 1 aromatic rings. The molecule has 0 aromatic heterocycles. The molecule has 1 saturated heterocycles. The van der Waals surface area contributed by atoms with Crippen LogP contribution in [0.5, 0.6) is 0 Å². The number of likely N-dealkylation sites (N-methyl/N-ethyl adjacent to an activating group) is 1. The van der Waals surface area contributed by atoms with Crippen LogP contribution in [0.2, 0.25) is 0 Å². The fourth-order valence-electron chi connectivity index (χ4n) is 2.93. The highest BCUT2D eigenvalue weighted by Crippen LogP contribution is 2.13. The van der Waals surface area contributed by atoms with Gasteiger partial charge in [0, 0.05) is 44.2 Å². The SMILES string of the molecule is CCC1CN(CCC(=O)c2ccccc2C)CCN1C. The summed E-state index contributed by atoms with van der Waals surface area (Å²) in [6.07, 6.45) is 1.81. The predicted octanol–water partition coefficient (Wildman–Crippen LogP) is 2.59. The third-order valence-electron chi connectivity index (χ3n) is 4.43. The number of nitrogens with zero attached hydrogens (tertiary/aromatic N) is 2. The second-order valence-electron chi connectivity index (χ2n) is 5.83. The standard InChI is InChI=1S/C17H26N2O/c1-4-15-13-19(12-11-18(15)3)10-9-17(20)16-8-6-5-7-14(16)2/h5-8,15H,4,9-13H2,1-3H3. The molecule has 1 heterocycles. The van der Waals surface area contributed by atoms with Crippen molar-refractivity contribution in [3.8, 4) is 0 Å². The van der Waals surface area contributed by atoms with Crippen LogP contribution in [0.3, 0.4) is 0 Å². The van der Waals surface area contributed by atoms with Crippen molar-refractivity contribution in [3.05, 3.63) is 35.4 Å². The molecule has 0 amide bonds. The van der Waals surface area contributed by atoms with Crippen molar-refractivity contribution in [2.45, 2.75) is 32.7 Å². The summed E-state index contributed by atoms with van der Waals surface area (Å²) in [4.78, 5) is 17.2. The minimum atomic E-state index is 0.273. The predicted molar refractivity (Wildman–Crippen MR) is 83.3 cm³/mol. The molecule has 1 unspecified atom stereocenters. The Morgan fingerprint density at radius 1 is 1.30 bits per heavy atom. The van der Waals surface area contributed by atoms with Crippen LogP contribution in [0.25, 0.3) is 0 Å². The van der Waals surface area contributed by atoms with Crippen LogP contribution in [0, 0.1) is 6.92 Å². The molecule has 1 fully saturated rings. The number of carbonyl (C=O) groups excluding carboxylic acids is 1.